The average Bonchev–Trinajstić information content (AvgIpc) is 3.17. The van der Waals surface area contributed by atoms with Gasteiger partial charge in [0, 0.05) is 43.6 Å². The zero-order valence-electron chi connectivity index (χ0n) is 21.8. The lowest BCUT2D eigenvalue weighted by Crippen LogP contribution is -2.29. The average molecular weight is 516 g/mol. The number of amides is 2. The predicted molar refractivity (Wildman–Crippen MR) is 146 cm³/mol. The lowest BCUT2D eigenvalue weighted by molar-refractivity contribution is -0.132. The maximum absolute atomic E-state index is 13.5. The number of methoxy groups -OCH3 is 2. The first-order valence-electron chi connectivity index (χ1n) is 11.8. The van der Waals surface area contributed by atoms with E-state index in [0.717, 1.165) is 5.69 Å². The van der Waals surface area contributed by atoms with Gasteiger partial charge < -0.3 is 24.8 Å². The number of hydrogen-bond acceptors (Lipinski definition) is 7. The number of nitrogens with zero attached hydrogens (tertiary/aromatic N) is 2. The van der Waals surface area contributed by atoms with E-state index in [-0.39, 0.29) is 17.2 Å². The van der Waals surface area contributed by atoms with Gasteiger partial charge in [-0.2, -0.15) is 0 Å². The Hall–Kier alpha value is -4.79. The largest absolute Gasteiger partial charge is 0.507 e. The molecule has 4 rings (SSSR count). The molecule has 0 aliphatic carbocycles. The van der Waals surface area contributed by atoms with Gasteiger partial charge in [0.2, 0.25) is 5.91 Å². The minimum atomic E-state index is -0.924. The first-order chi connectivity index (χ1) is 18.2. The summed E-state index contributed by atoms with van der Waals surface area (Å²) >= 11 is 0. The third-order valence-corrected chi connectivity index (χ3v) is 6.27. The number of ketones is 1. The Morgan fingerprint density at radius 1 is 0.947 bits per heavy atom. The van der Waals surface area contributed by atoms with Crippen molar-refractivity contribution in [3.8, 4) is 11.5 Å². The molecule has 0 radical (unpaired) electrons. The van der Waals surface area contributed by atoms with Crippen LogP contribution in [-0.4, -0.2) is 51.0 Å². The van der Waals surface area contributed by atoms with Crippen LogP contribution in [0.1, 0.15) is 24.1 Å². The summed E-state index contributed by atoms with van der Waals surface area (Å²) < 4.78 is 10.6. The number of anilines is 3. The highest BCUT2D eigenvalue weighted by atomic mass is 16.5. The fraction of sp³-hybridized carbons (Fsp3) is 0.207. The van der Waals surface area contributed by atoms with Crippen LogP contribution in [-0.2, 0) is 14.4 Å². The molecule has 3 aromatic carbocycles. The number of Topliss-reactive ketones (excluding diaryl/α,β-unsaturated/α-hetero) is 1. The standard InChI is InChI=1S/C29H29N3O6/c1-17(33)30-20-7-6-8-22(16-20)32-26(18-9-12-21(13-10-18)31(2)3)25(28(35)29(32)36)27(34)19-11-14-23(37-4)24(15-19)38-5/h6-16,26,34H,1-5H3,(H,30,33)/b27-25+. The fourth-order valence-corrected chi connectivity index (χ4v) is 4.44. The summed E-state index contributed by atoms with van der Waals surface area (Å²) in [6.07, 6.45) is 0. The molecule has 1 aliphatic rings. The van der Waals surface area contributed by atoms with Gasteiger partial charge >= 0.3 is 0 Å². The second-order valence-corrected chi connectivity index (χ2v) is 8.96. The fourth-order valence-electron chi connectivity index (χ4n) is 4.44. The summed E-state index contributed by atoms with van der Waals surface area (Å²) in [7, 11) is 6.78. The van der Waals surface area contributed by atoms with Crippen molar-refractivity contribution in [3.63, 3.8) is 0 Å². The summed E-state index contributed by atoms with van der Waals surface area (Å²) in [5, 5.41) is 14.1. The van der Waals surface area contributed by atoms with Crippen molar-refractivity contribution in [2.75, 3.05) is 43.4 Å². The van der Waals surface area contributed by atoms with Crippen molar-refractivity contribution in [1.29, 1.82) is 0 Å². The van der Waals surface area contributed by atoms with Gasteiger partial charge in [-0.1, -0.05) is 18.2 Å². The smallest absolute Gasteiger partial charge is 0.300 e. The number of carbonyl (C=O) groups excluding carboxylic acids is 3. The number of rotatable bonds is 7. The maximum atomic E-state index is 13.5. The van der Waals surface area contributed by atoms with Crippen LogP contribution in [0.3, 0.4) is 0 Å². The molecule has 0 saturated carbocycles. The zero-order valence-corrected chi connectivity index (χ0v) is 21.8. The van der Waals surface area contributed by atoms with E-state index in [1.165, 1.54) is 26.0 Å². The number of aliphatic hydroxyl groups excluding tert-OH is 1. The van der Waals surface area contributed by atoms with Crippen LogP contribution in [0.5, 0.6) is 11.5 Å². The monoisotopic (exact) mass is 515 g/mol. The number of benzene rings is 3. The van der Waals surface area contributed by atoms with Crippen molar-refractivity contribution >= 4 is 40.4 Å². The molecule has 38 heavy (non-hydrogen) atoms. The van der Waals surface area contributed by atoms with Crippen LogP contribution < -0.4 is 24.6 Å². The van der Waals surface area contributed by atoms with Gasteiger partial charge in [0.05, 0.1) is 25.8 Å². The molecule has 0 aromatic heterocycles. The highest BCUT2D eigenvalue weighted by Crippen LogP contribution is 2.43. The second kappa shape index (κ2) is 10.7. The summed E-state index contributed by atoms with van der Waals surface area (Å²) in [5.41, 5.74) is 2.65. The Bertz CT molecular complexity index is 1430. The molecule has 196 valence electrons. The predicted octanol–water partition coefficient (Wildman–Crippen LogP) is 4.35. The minimum Gasteiger partial charge on any atom is -0.507 e. The molecule has 2 amide bonds. The van der Waals surface area contributed by atoms with Crippen molar-refractivity contribution < 1.29 is 29.0 Å². The van der Waals surface area contributed by atoms with Crippen LogP contribution in [0.2, 0.25) is 0 Å². The Morgan fingerprint density at radius 3 is 2.24 bits per heavy atom. The molecule has 2 N–H and O–H groups in total. The van der Waals surface area contributed by atoms with Gasteiger partial charge in [0.1, 0.15) is 5.76 Å². The number of nitrogens with one attached hydrogen (secondary N) is 1. The van der Waals surface area contributed by atoms with Crippen molar-refractivity contribution in [1.82, 2.24) is 0 Å². The molecule has 1 atom stereocenters. The highest BCUT2D eigenvalue weighted by Gasteiger charge is 2.47. The van der Waals surface area contributed by atoms with Crippen LogP contribution >= 0.6 is 0 Å². The molecular formula is C29H29N3O6. The lowest BCUT2D eigenvalue weighted by atomic mass is 9.94. The van der Waals surface area contributed by atoms with Gasteiger partial charge in [-0.15, -0.1) is 0 Å². The molecule has 9 nitrogen and oxygen atoms in total. The molecule has 1 heterocycles. The van der Waals surface area contributed by atoms with E-state index in [2.05, 4.69) is 5.32 Å². The topological polar surface area (TPSA) is 108 Å². The second-order valence-electron chi connectivity index (χ2n) is 8.96. The van der Waals surface area contributed by atoms with E-state index in [1.54, 1.807) is 42.5 Å². The first kappa shape index (κ1) is 26.3. The molecule has 1 aliphatic heterocycles. The van der Waals surface area contributed by atoms with E-state index in [1.807, 2.05) is 43.3 Å². The molecule has 1 unspecified atom stereocenters. The lowest BCUT2D eigenvalue weighted by Gasteiger charge is -2.26. The van der Waals surface area contributed by atoms with Crippen LogP contribution in [0, 0.1) is 0 Å². The first-order valence-corrected chi connectivity index (χ1v) is 11.8. The van der Waals surface area contributed by atoms with Gasteiger partial charge in [0.15, 0.2) is 11.5 Å². The zero-order chi connectivity index (χ0) is 27.6. The van der Waals surface area contributed by atoms with Gasteiger partial charge in [0.25, 0.3) is 11.7 Å². The Kier molecular flexibility index (Phi) is 7.38. The van der Waals surface area contributed by atoms with Crippen LogP contribution in [0.4, 0.5) is 17.1 Å². The minimum absolute atomic E-state index is 0.0650. The summed E-state index contributed by atoms with van der Waals surface area (Å²) in [6.45, 7) is 1.38. The molecule has 3 aromatic rings. The van der Waals surface area contributed by atoms with E-state index in [0.29, 0.717) is 34.0 Å². The Labute approximate surface area is 220 Å². The van der Waals surface area contributed by atoms with E-state index in [9.17, 15) is 19.5 Å². The number of aliphatic hydroxyl groups is 1. The highest BCUT2D eigenvalue weighted by molar-refractivity contribution is 6.51. The van der Waals surface area contributed by atoms with Gasteiger partial charge in [-0.3, -0.25) is 19.3 Å². The third-order valence-electron chi connectivity index (χ3n) is 6.27. The molecule has 1 fully saturated rings. The number of hydrogen-bond donors (Lipinski definition) is 2. The molecule has 1 saturated heterocycles. The van der Waals surface area contributed by atoms with Gasteiger partial charge in [-0.25, -0.2) is 0 Å². The quantitative estimate of drug-likeness (QED) is 0.274. The van der Waals surface area contributed by atoms with E-state index in [4.69, 9.17) is 9.47 Å². The van der Waals surface area contributed by atoms with E-state index < -0.39 is 17.7 Å². The van der Waals surface area contributed by atoms with Crippen LogP contribution in [0.15, 0.2) is 72.3 Å². The van der Waals surface area contributed by atoms with Crippen molar-refractivity contribution in [3.05, 3.63) is 83.4 Å². The number of carbonyl (C=O) groups is 3. The van der Waals surface area contributed by atoms with Crippen LogP contribution in [0.25, 0.3) is 5.76 Å². The Balaban J connectivity index is 1.92. The maximum Gasteiger partial charge on any atom is 0.300 e. The molecule has 9 heteroatoms. The van der Waals surface area contributed by atoms with Crippen molar-refractivity contribution in [2.45, 2.75) is 13.0 Å². The summed E-state index contributed by atoms with van der Waals surface area (Å²) in [5.74, 6) is -1.42. The molecular weight excluding hydrogens is 486 g/mol. The third kappa shape index (κ3) is 4.90. The number of ether oxygens (including phenoxy) is 2. The SMILES string of the molecule is COc1ccc(/C(O)=C2\C(=O)C(=O)N(c3cccc(NC(C)=O)c3)C2c2ccc(N(C)C)cc2)cc1OC. The summed E-state index contributed by atoms with van der Waals surface area (Å²) in [4.78, 5) is 41.8. The normalized spacial score (nSPS) is 16.3. The molecule has 0 bridgehead atoms. The molecule has 0 spiro atoms. The van der Waals surface area contributed by atoms with Gasteiger partial charge in [-0.05, 0) is 54.1 Å². The van der Waals surface area contributed by atoms with E-state index >= 15 is 0 Å². The van der Waals surface area contributed by atoms with Crippen molar-refractivity contribution in [2.24, 2.45) is 0 Å². The Morgan fingerprint density at radius 2 is 1.63 bits per heavy atom. The summed E-state index contributed by atoms with van der Waals surface area (Å²) in [6, 6.07) is 17.9.